The number of benzene rings is 3. The smallest absolute Gasteiger partial charge is 0.300 e. The number of nitrogens with zero attached hydrogens (tertiary/aromatic N) is 2. The molecule has 0 amide bonds. The van der Waals surface area contributed by atoms with Crippen LogP contribution in [0.15, 0.2) is 54.6 Å². The molecule has 0 saturated carbocycles. The summed E-state index contributed by atoms with van der Waals surface area (Å²) in [6, 6.07) is 18.0. The molecule has 0 aliphatic rings. The maximum atomic E-state index is 11.6. The molecule has 0 spiro atoms. The largest absolute Gasteiger partial charge is 0.350 e. The molecule has 3 rings (SSSR count). The number of hydrogen-bond acceptors (Lipinski definition) is 4. The third-order valence-electron chi connectivity index (χ3n) is 3.60. The number of rotatable bonds is 3. The molecule has 0 fully saturated rings. The van der Waals surface area contributed by atoms with Crippen LogP contribution in [0.2, 0.25) is 0 Å². The van der Waals surface area contributed by atoms with Crippen LogP contribution in [0.1, 0.15) is 11.1 Å². The highest BCUT2D eigenvalue weighted by Gasteiger charge is 2.18. The number of hydrogen-bond donors (Lipinski definition) is 1. The van der Waals surface area contributed by atoms with Gasteiger partial charge >= 0.3 is 0 Å². The predicted octanol–water partition coefficient (Wildman–Crippen LogP) is 4.67. The van der Waals surface area contributed by atoms with E-state index in [-0.39, 0.29) is 10.6 Å². The number of fused-ring (bicyclic) bond motifs is 1. The SMILES string of the molecule is Cc1ccc2ccc(Nc3cccc(C#N)c3)c([N+](=O)[O-])c2c1. The van der Waals surface area contributed by atoms with E-state index in [1.165, 1.54) is 0 Å². The molecule has 23 heavy (non-hydrogen) atoms. The molecule has 3 aromatic rings. The quantitative estimate of drug-likeness (QED) is 0.563. The Morgan fingerprint density at radius 3 is 2.65 bits per heavy atom. The number of nitro benzene ring substituents is 1. The van der Waals surface area contributed by atoms with Crippen LogP contribution >= 0.6 is 0 Å². The van der Waals surface area contributed by atoms with Gasteiger partial charge in [0.2, 0.25) is 0 Å². The van der Waals surface area contributed by atoms with Gasteiger partial charge in [0, 0.05) is 5.69 Å². The Balaban J connectivity index is 2.15. The molecule has 0 unspecified atom stereocenters. The zero-order valence-electron chi connectivity index (χ0n) is 12.4. The molecule has 1 N–H and O–H groups in total. The van der Waals surface area contributed by atoms with Gasteiger partial charge in [-0.15, -0.1) is 0 Å². The van der Waals surface area contributed by atoms with Crippen molar-refractivity contribution in [3.8, 4) is 6.07 Å². The standard InChI is InChI=1S/C18H13N3O2/c1-12-5-6-14-7-8-17(18(21(22)23)16(14)9-12)20-15-4-2-3-13(10-15)11-19/h2-10,20H,1H3. The third kappa shape index (κ3) is 2.83. The number of nitriles is 1. The summed E-state index contributed by atoms with van der Waals surface area (Å²) in [6.07, 6.45) is 0. The van der Waals surface area contributed by atoms with Crippen LogP contribution in [-0.4, -0.2) is 4.92 Å². The van der Waals surface area contributed by atoms with E-state index in [9.17, 15) is 10.1 Å². The first kappa shape index (κ1) is 14.5. The van der Waals surface area contributed by atoms with Gasteiger partial charge < -0.3 is 5.32 Å². The summed E-state index contributed by atoms with van der Waals surface area (Å²) in [4.78, 5) is 11.2. The third-order valence-corrected chi connectivity index (χ3v) is 3.60. The van der Waals surface area contributed by atoms with Crippen molar-refractivity contribution in [3.63, 3.8) is 0 Å². The van der Waals surface area contributed by atoms with E-state index in [4.69, 9.17) is 5.26 Å². The fourth-order valence-corrected chi connectivity index (χ4v) is 2.54. The molecule has 5 nitrogen and oxygen atoms in total. The number of nitro groups is 1. The fourth-order valence-electron chi connectivity index (χ4n) is 2.54. The van der Waals surface area contributed by atoms with Crippen molar-refractivity contribution >= 4 is 27.8 Å². The van der Waals surface area contributed by atoms with Crippen molar-refractivity contribution < 1.29 is 4.92 Å². The Hall–Kier alpha value is -3.39. The first-order valence-corrected chi connectivity index (χ1v) is 7.03. The normalized spacial score (nSPS) is 10.3. The molecular formula is C18H13N3O2. The van der Waals surface area contributed by atoms with Crippen molar-refractivity contribution in [2.24, 2.45) is 0 Å². The van der Waals surface area contributed by atoms with E-state index in [2.05, 4.69) is 11.4 Å². The summed E-state index contributed by atoms with van der Waals surface area (Å²) < 4.78 is 0. The summed E-state index contributed by atoms with van der Waals surface area (Å²) in [6.45, 7) is 1.90. The average molecular weight is 303 g/mol. The molecule has 0 aliphatic carbocycles. The van der Waals surface area contributed by atoms with Crippen LogP contribution in [0.5, 0.6) is 0 Å². The van der Waals surface area contributed by atoms with Gasteiger partial charge in [0.1, 0.15) is 5.69 Å². The molecule has 0 atom stereocenters. The van der Waals surface area contributed by atoms with Crippen LogP contribution in [0.3, 0.4) is 0 Å². The molecule has 0 saturated heterocycles. The highest BCUT2D eigenvalue weighted by molar-refractivity contribution is 5.97. The van der Waals surface area contributed by atoms with Gasteiger partial charge in [-0.05, 0) is 42.6 Å². The van der Waals surface area contributed by atoms with E-state index < -0.39 is 0 Å². The van der Waals surface area contributed by atoms with Crippen LogP contribution in [0.25, 0.3) is 10.8 Å². The number of anilines is 2. The second-order valence-electron chi connectivity index (χ2n) is 5.26. The second-order valence-corrected chi connectivity index (χ2v) is 5.26. The highest BCUT2D eigenvalue weighted by Crippen LogP contribution is 2.35. The number of aryl methyl sites for hydroxylation is 1. The summed E-state index contributed by atoms with van der Waals surface area (Å²) in [7, 11) is 0. The van der Waals surface area contributed by atoms with E-state index in [0.717, 1.165) is 10.9 Å². The first-order chi connectivity index (χ1) is 11.1. The van der Waals surface area contributed by atoms with E-state index in [1.807, 2.05) is 31.2 Å². The molecule has 0 bridgehead atoms. The minimum atomic E-state index is -0.377. The van der Waals surface area contributed by atoms with Gasteiger partial charge in [0.15, 0.2) is 0 Å². The van der Waals surface area contributed by atoms with Crippen molar-refractivity contribution in [1.82, 2.24) is 0 Å². The summed E-state index contributed by atoms with van der Waals surface area (Å²) in [5.74, 6) is 0. The average Bonchev–Trinajstić information content (AvgIpc) is 2.54. The van der Waals surface area contributed by atoms with Gasteiger partial charge in [-0.2, -0.15) is 5.26 Å². The summed E-state index contributed by atoms with van der Waals surface area (Å²) in [5.41, 5.74) is 2.54. The molecule has 3 aromatic carbocycles. The number of nitrogens with one attached hydrogen (secondary N) is 1. The van der Waals surface area contributed by atoms with Gasteiger partial charge in [0.25, 0.3) is 5.69 Å². The Labute approximate surface area is 132 Å². The lowest BCUT2D eigenvalue weighted by Crippen LogP contribution is -1.98. The minimum absolute atomic E-state index is 0.0357. The lowest BCUT2D eigenvalue weighted by Gasteiger charge is -2.10. The fraction of sp³-hybridized carbons (Fsp3) is 0.0556. The molecule has 0 heterocycles. The predicted molar refractivity (Wildman–Crippen MR) is 89.8 cm³/mol. The van der Waals surface area contributed by atoms with Crippen LogP contribution < -0.4 is 5.32 Å². The van der Waals surface area contributed by atoms with Gasteiger partial charge in [-0.25, -0.2) is 0 Å². The molecule has 0 radical (unpaired) electrons. The Morgan fingerprint density at radius 2 is 1.91 bits per heavy atom. The molecule has 0 aromatic heterocycles. The maximum Gasteiger partial charge on any atom is 0.300 e. The van der Waals surface area contributed by atoms with E-state index in [1.54, 1.807) is 30.3 Å². The maximum absolute atomic E-state index is 11.6. The van der Waals surface area contributed by atoms with Gasteiger partial charge in [-0.3, -0.25) is 10.1 Å². The summed E-state index contributed by atoms with van der Waals surface area (Å²) in [5, 5.41) is 25.0. The summed E-state index contributed by atoms with van der Waals surface area (Å²) >= 11 is 0. The van der Waals surface area contributed by atoms with Crippen molar-refractivity contribution in [2.75, 3.05) is 5.32 Å². The molecular weight excluding hydrogens is 290 g/mol. The lowest BCUT2D eigenvalue weighted by molar-refractivity contribution is -0.382. The van der Waals surface area contributed by atoms with E-state index >= 15 is 0 Å². The first-order valence-electron chi connectivity index (χ1n) is 7.03. The van der Waals surface area contributed by atoms with Crippen LogP contribution in [-0.2, 0) is 0 Å². The second kappa shape index (κ2) is 5.78. The highest BCUT2D eigenvalue weighted by atomic mass is 16.6. The Morgan fingerprint density at radius 1 is 1.13 bits per heavy atom. The van der Waals surface area contributed by atoms with Gasteiger partial charge in [-0.1, -0.05) is 29.8 Å². The zero-order chi connectivity index (χ0) is 16.4. The monoisotopic (exact) mass is 303 g/mol. The van der Waals surface area contributed by atoms with Gasteiger partial charge in [0.05, 0.1) is 21.9 Å². The topological polar surface area (TPSA) is 79.0 Å². The Bertz CT molecular complexity index is 958. The Kier molecular flexibility index (Phi) is 3.65. The van der Waals surface area contributed by atoms with Crippen LogP contribution in [0, 0.1) is 28.4 Å². The van der Waals surface area contributed by atoms with Crippen molar-refractivity contribution in [2.45, 2.75) is 6.92 Å². The van der Waals surface area contributed by atoms with Crippen molar-refractivity contribution in [3.05, 3.63) is 75.8 Å². The molecule has 5 heteroatoms. The zero-order valence-corrected chi connectivity index (χ0v) is 12.4. The lowest BCUT2D eigenvalue weighted by atomic mass is 10.0. The minimum Gasteiger partial charge on any atom is -0.350 e. The van der Waals surface area contributed by atoms with Crippen LogP contribution in [0.4, 0.5) is 17.1 Å². The van der Waals surface area contributed by atoms with E-state index in [0.29, 0.717) is 22.3 Å². The molecule has 0 aliphatic heterocycles. The molecule has 112 valence electrons. The van der Waals surface area contributed by atoms with Crippen molar-refractivity contribution in [1.29, 1.82) is 5.26 Å².